The predicted molar refractivity (Wildman–Crippen MR) is 72.4 cm³/mol. The van der Waals surface area contributed by atoms with E-state index in [1.165, 1.54) is 0 Å². The van der Waals surface area contributed by atoms with E-state index >= 15 is 0 Å². The minimum atomic E-state index is 0.755. The molecule has 0 saturated carbocycles. The third-order valence-electron chi connectivity index (χ3n) is 2.20. The fourth-order valence-corrected chi connectivity index (χ4v) is 3.57. The van der Waals surface area contributed by atoms with Gasteiger partial charge in [0.05, 0.1) is 25.1 Å². The number of hydrogen-bond acceptors (Lipinski definition) is 4. The van der Waals surface area contributed by atoms with Crippen molar-refractivity contribution in [3.8, 4) is 9.88 Å². The zero-order chi connectivity index (χ0) is 11.1. The van der Waals surface area contributed by atoms with Crippen molar-refractivity contribution >= 4 is 49.5 Å². The smallest absolute Gasteiger partial charge is 0.134 e. The van der Waals surface area contributed by atoms with Gasteiger partial charge in [0.15, 0.2) is 0 Å². The molecule has 16 heavy (non-hydrogen) atoms. The molecule has 0 bridgehead atoms. The number of fused-ring (bicyclic) bond motifs is 1. The van der Waals surface area contributed by atoms with Crippen molar-refractivity contribution in [3.63, 3.8) is 0 Å². The number of nitrogens with two attached hydrogens (primary N) is 1. The lowest BCUT2D eigenvalue weighted by Gasteiger charge is -1.87. The number of thiazole rings is 1. The number of nitrogens with zero attached hydrogens (tertiary/aromatic N) is 1. The summed E-state index contributed by atoms with van der Waals surface area (Å²) in [5.74, 6) is 0. The summed E-state index contributed by atoms with van der Waals surface area (Å²) in [5.41, 5.74) is 6.65. The molecule has 0 aliphatic rings. The number of thiophene rings is 1. The Morgan fingerprint density at radius 1 is 1.12 bits per heavy atom. The van der Waals surface area contributed by atoms with E-state index in [0.717, 1.165) is 30.1 Å². The Kier molecular flexibility index (Phi) is 2.35. The molecule has 0 aliphatic heterocycles. The maximum Gasteiger partial charge on any atom is 0.134 e. The molecule has 2 N–H and O–H groups in total. The Balaban J connectivity index is 2.22. The van der Waals surface area contributed by atoms with E-state index in [0.29, 0.717) is 0 Å². The molecule has 0 radical (unpaired) electrons. The van der Waals surface area contributed by atoms with Crippen LogP contribution in [0, 0.1) is 0 Å². The van der Waals surface area contributed by atoms with Crippen LogP contribution in [-0.2, 0) is 0 Å². The number of nitrogen functional groups attached to an aromatic ring is 1. The highest BCUT2D eigenvalue weighted by Gasteiger charge is 2.09. The number of anilines is 1. The molecule has 3 aromatic rings. The maximum atomic E-state index is 6.11. The number of benzene rings is 1. The molecule has 1 aromatic carbocycles. The largest absolute Gasteiger partial charge is 0.391 e. The van der Waals surface area contributed by atoms with Gasteiger partial charge in [-0.1, -0.05) is 17.7 Å². The molecule has 2 heterocycles. The summed E-state index contributed by atoms with van der Waals surface area (Å²) < 4.78 is 1.03. The second-order valence-electron chi connectivity index (χ2n) is 3.31. The minimum absolute atomic E-state index is 0.755. The van der Waals surface area contributed by atoms with E-state index in [4.69, 9.17) is 17.3 Å². The SMILES string of the molecule is Nc1ccc(-c2nc3cccc(Cl)c3s2)s1. The van der Waals surface area contributed by atoms with Gasteiger partial charge in [-0.3, -0.25) is 0 Å². The Bertz CT molecular complexity index is 657. The van der Waals surface area contributed by atoms with Crippen molar-refractivity contribution < 1.29 is 0 Å². The van der Waals surface area contributed by atoms with Gasteiger partial charge >= 0.3 is 0 Å². The Hall–Kier alpha value is -1.10. The summed E-state index contributed by atoms with van der Waals surface area (Å²) >= 11 is 9.26. The summed E-state index contributed by atoms with van der Waals surface area (Å²) in [4.78, 5) is 5.64. The molecule has 80 valence electrons. The summed E-state index contributed by atoms with van der Waals surface area (Å²) in [6, 6.07) is 9.66. The van der Waals surface area contributed by atoms with Gasteiger partial charge in [-0.05, 0) is 24.3 Å². The fraction of sp³-hybridized carbons (Fsp3) is 0. The Morgan fingerprint density at radius 2 is 2.00 bits per heavy atom. The Morgan fingerprint density at radius 3 is 2.69 bits per heavy atom. The predicted octanol–water partition coefficient (Wildman–Crippen LogP) is 4.26. The van der Waals surface area contributed by atoms with Crippen molar-refractivity contribution in [2.24, 2.45) is 0 Å². The van der Waals surface area contributed by atoms with Crippen LogP contribution < -0.4 is 5.73 Å². The topological polar surface area (TPSA) is 38.9 Å². The molecule has 2 aromatic heterocycles. The van der Waals surface area contributed by atoms with E-state index in [1.54, 1.807) is 22.7 Å². The molecule has 0 unspecified atom stereocenters. The van der Waals surface area contributed by atoms with Gasteiger partial charge in [-0.25, -0.2) is 4.98 Å². The van der Waals surface area contributed by atoms with Crippen LogP contribution in [0.25, 0.3) is 20.1 Å². The number of aromatic nitrogens is 1. The second-order valence-corrected chi connectivity index (χ2v) is 5.83. The highest BCUT2D eigenvalue weighted by molar-refractivity contribution is 7.27. The average molecular weight is 267 g/mol. The third-order valence-corrected chi connectivity index (χ3v) is 4.82. The van der Waals surface area contributed by atoms with Crippen molar-refractivity contribution in [2.45, 2.75) is 0 Å². The van der Waals surface area contributed by atoms with Crippen molar-refractivity contribution in [2.75, 3.05) is 5.73 Å². The van der Waals surface area contributed by atoms with Crippen LogP contribution in [0.4, 0.5) is 5.00 Å². The standard InChI is InChI=1S/C11H7ClN2S2/c12-6-2-1-3-7-10(6)16-11(14-7)8-4-5-9(13)15-8/h1-5H,13H2. The van der Waals surface area contributed by atoms with Crippen LogP contribution in [0.2, 0.25) is 5.02 Å². The second kappa shape index (κ2) is 3.73. The first-order chi connectivity index (χ1) is 7.74. The lowest BCUT2D eigenvalue weighted by atomic mass is 10.3. The lowest BCUT2D eigenvalue weighted by molar-refractivity contribution is 1.50. The van der Waals surface area contributed by atoms with Gasteiger partial charge in [0.25, 0.3) is 0 Å². The van der Waals surface area contributed by atoms with Gasteiger partial charge in [0.2, 0.25) is 0 Å². The van der Waals surface area contributed by atoms with Crippen LogP contribution >= 0.6 is 34.3 Å². The molecule has 5 heteroatoms. The highest BCUT2D eigenvalue weighted by atomic mass is 35.5. The van der Waals surface area contributed by atoms with Gasteiger partial charge in [0.1, 0.15) is 5.01 Å². The summed E-state index contributed by atoms with van der Waals surface area (Å²) in [5, 5.41) is 2.54. The highest BCUT2D eigenvalue weighted by Crippen LogP contribution is 2.37. The molecule has 0 saturated heterocycles. The van der Waals surface area contributed by atoms with Crippen LogP contribution in [0.1, 0.15) is 0 Å². The van der Waals surface area contributed by atoms with Crippen LogP contribution in [0.15, 0.2) is 30.3 Å². The molecule has 0 aliphatic carbocycles. The first-order valence-corrected chi connectivity index (χ1v) is 6.66. The quantitative estimate of drug-likeness (QED) is 0.715. The minimum Gasteiger partial charge on any atom is -0.391 e. The summed E-state index contributed by atoms with van der Waals surface area (Å²) in [6.45, 7) is 0. The molecular formula is C11H7ClN2S2. The van der Waals surface area contributed by atoms with Crippen LogP contribution in [0.3, 0.4) is 0 Å². The lowest BCUT2D eigenvalue weighted by Crippen LogP contribution is -1.72. The van der Waals surface area contributed by atoms with Gasteiger partial charge in [-0.15, -0.1) is 22.7 Å². The Labute approximate surface area is 105 Å². The normalized spacial score (nSPS) is 11.1. The number of hydrogen-bond donors (Lipinski definition) is 1. The fourth-order valence-electron chi connectivity index (χ4n) is 1.49. The zero-order valence-corrected chi connectivity index (χ0v) is 10.5. The van der Waals surface area contributed by atoms with E-state index in [1.807, 2.05) is 30.3 Å². The van der Waals surface area contributed by atoms with Crippen molar-refractivity contribution in [1.29, 1.82) is 0 Å². The number of halogens is 1. The maximum absolute atomic E-state index is 6.11. The van der Waals surface area contributed by atoms with E-state index < -0.39 is 0 Å². The van der Waals surface area contributed by atoms with E-state index in [9.17, 15) is 0 Å². The molecule has 0 spiro atoms. The first kappa shape index (κ1) is 10.1. The molecule has 0 fully saturated rings. The third kappa shape index (κ3) is 1.59. The summed E-state index contributed by atoms with van der Waals surface area (Å²) in [6.07, 6.45) is 0. The van der Waals surface area contributed by atoms with Gasteiger partial charge in [0, 0.05) is 0 Å². The van der Waals surface area contributed by atoms with Crippen LogP contribution in [-0.4, -0.2) is 4.98 Å². The average Bonchev–Trinajstić information content (AvgIpc) is 2.84. The number of rotatable bonds is 1. The van der Waals surface area contributed by atoms with Gasteiger partial charge < -0.3 is 5.73 Å². The molecule has 2 nitrogen and oxygen atoms in total. The monoisotopic (exact) mass is 266 g/mol. The van der Waals surface area contributed by atoms with Crippen molar-refractivity contribution in [1.82, 2.24) is 4.98 Å². The van der Waals surface area contributed by atoms with Crippen LogP contribution in [0.5, 0.6) is 0 Å². The first-order valence-electron chi connectivity index (χ1n) is 4.65. The van der Waals surface area contributed by atoms with Crippen molar-refractivity contribution in [3.05, 3.63) is 35.4 Å². The van der Waals surface area contributed by atoms with E-state index in [2.05, 4.69) is 4.98 Å². The zero-order valence-electron chi connectivity index (χ0n) is 8.11. The van der Waals surface area contributed by atoms with E-state index in [-0.39, 0.29) is 0 Å². The summed E-state index contributed by atoms with van der Waals surface area (Å²) in [7, 11) is 0. The molecule has 3 rings (SSSR count). The van der Waals surface area contributed by atoms with Gasteiger partial charge in [-0.2, -0.15) is 0 Å². The molecule has 0 atom stereocenters. The molecule has 0 amide bonds. The molecular weight excluding hydrogens is 260 g/mol.